The Kier molecular flexibility index (Phi) is 16.3. The summed E-state index contributed by atoms with van der Waals surface area (Å²) in [7, 11) is 4.12. The van der Waals surface area contributed by atoms with Gasteiger partial charge in [-0.25, -0.2) is 9.59 Å². The van der Waals surface area contributed by atoms with Gasteiger partial charge in [-0.2, -0.15) is 0 Å². The number of rotatable bonds is 11. The van der Waals surface area contributed by atoms with Gasteiger partial charge in [0.05, 0.1) is 11.8 Å². The summed E-state index contributed by atoms with van der Waals surface area (Å²) < 4.78 is 12.5. The molecule has 506 valence electrons. The maximum absolute atomic E-state index is 14.2. The van der Waals surface area contributed by atoms with Gasteiger partial charge in [0.25, 0.3) is 23.6 Å². The van der Waals surface area contributed by atoms with Crippen molar-refractivity contribution < 1.29 is 78.5 Å². The average molecular weight is 1320 g/mol. The molecule has 0 bridgehead atoms. The number of hydrogen-bond donors (Lipinski definition) is 10. The van der Waals surface area contributed by atoms with Crippen LogP contribution in [0.15, 0.2) is 109 Å². The van der Waals surface area contributed by atoms with Gasteiger partial charge in [-0.3, -0.25) is 48.0 Å². The van der Waals surface area contributed by atoms with Crippen molar-refractivity contribution >= 4 is 69.2 Å². The van der Waals surface area contributed by atoms with Crippen LogP contribution in [0.5, 0.6) is 0 Å². The molecular formula is C70H80N10O16. The molecule has 0 saturated carbocycles. The van der Waals surface area contributed by atoms with Crippen molar-refractivity contribution in [2.75, 3.05) is 40.3 Å². The van der Waals surface area contributed by atoms with E-state index in [0.717, 1.165) is 35.0 Å². The topological polar surface area (TPSA) is 351 Å². The first kappa shape index (κ1) is 64.7. The number of carbonyl (C=O) groups is 8. The van der Waals surface area contributed by atoms with Crippen LogP contribution in [0.2, 0.25) is 0 Å². The van der Waals surface area contributed by atoms with Gasteiger partial charge >= 0.3 is 11.9 Å². The van der Waals surface area contributed by atoms with Crippen molar-refractivity contribution in [3.05, 3.63) is 143 Å². The lowest BCUT2D eigenvalue weighted by Crippen LogP contribution is -2.71. The number of piperazine rings is 2. The zero-order chi connectivity index (χ0) is 67.7. The largest absolute Gasteiger partial charge is 0.479 e. The summed E-state index contributed by atoms with van der Waals surface area (Å²) in [4.78, 5) is 120. The molecule has 0 radical (unpaired) electrons. The van der Waals surface area contributed by atoms with Crippen LogP contribution in [0.3, 0.4) is 0 Å². The van der Waals surface area contributed by atoms with E-state index in [1.807, 2.05) is 60.7 Å². The molecule has 2 aromatic heterocycles. The lowest BCUT2D eigenvalue weighted by atomic mass is 9.72. The van der Waals surface area contributed by atoms with E-state index in [9.17, 15) is 48.6 Å². The Hall–Kier alpha value is -8.60. The van der Waals surface area contributed by atoms with Crippen molar-refractivity contribution in [3.63, 3.8) is 0 Å². The fourth-order valence-electron chi connectivity index (χ4n) is 17.6. The normalized spacial score (nSPS) is 33.2. The first-order valence-corrected chi connectivity index (χ1v) is 33.1. The van der Waals surface area contributed by atoms with Crippen molar-refractivity contribution in [3.8, 4) is 0 Å². The third kappa shape index (κ3) is 10.6. The van der Waals surface area contributed by atoms with Crippen molar-refractivity contribution in [2.24, 2.45) is 11.8 Å². The standard InChI is InChI=1S/2C33H37N5O5.C4H6O6/c2*1-32(35-29(39)21-15-23-22-10-6-11-24-28(22)20(17-34-24)16-25(23)36(2)18-21)31(41)38-26(14-19-8-4-3-5-9-19)30(40)37-13-7-12-27(37)33(38,42)43-32;5-1(3(7)8)2(6)4(9)10/h2*3-6,8-11,17,21,23,25-27,34,42H,7,12-16,18H2,1-2H3,(H,35,39);1-2,5-6H,(H,7,8)(H,9,10)/t21-,23?,25-,26+,27+,32-,33+;21-,23-,25-,26+,27+,32-,33+;/m11./s1. The summed E-state index contributed by atoms with van der Waals surface area (Å²) >= 11 is 0. The first-order chi connectivity index (χ1) is 45.8. The molecule has 96 heavy (non-hydrogen) atoms. The number of likely N-dealkylation sites (tertiary alicyclic amines) is 2. The number of aliphatic carboxylic acids is 2. The lowest BCUT2D eigenvalue weighted by molar-refractivity contribution is -0.315. The lowest BCUT2D eigenvalue weighted by Gasteiger charge is -2.48. The number of likely N-dealkylation sites (N-methyl/N-ethyl adjacent to an activating group) is 2. The van der Waals surface area contributed by atoms with Crippen molar-refractivity contribution in [2.45, 2.75) is 162 Å². The van der Waals surface area contributed by atoms with Gasteiger partial charge in [0.2, 0.25) is 35.1 Å². The van der Waals surface area contributed by atoms with Gasteiger partial charge in [0.15, 0.2) is 12.2 Å². The van der Waals surface area contributed by atoms with Crippen molar-refractivity contribution in [1.29, 1.82) is 0 Å². The molecule has 10 N–H and O–H groups in total. The Morgan fingerprint density at radius 3 is 1.33 bits per heavy atom. The maximum atomic E-state index is 14.2. The van der Waals surface area contributed by atoms with Crippen LogP contribution in [-0.2, 0) is 73.5 Å². The van der Waals surface area contributed by atoms with Crippen LogP contribution in [0, 0.1) is 11.8 Å². The molecule has 26 nitrogen and oxygen atoms in total. The number of aromatic amines is 2. The Morgan fingerprint density at radius 2 is 0.958 bits per heavy atom. The van der Waals surface area contributed by atoms with Crippen molar-refractivity contribution in [1.82, 2.24) is 50.0 Å². The Balaban J connectivity index is 0.000000145. The number of fused-ring (bicyclic) bond motifs is 10. The summed E-state index contributed by atoms with van der Waals surface area (Å²) in [5, 5.41) is 65.0. The number of aliphatic hydroxyl groups is 4. The minimum absolute atomic E-state index is 0.171. The quantitative estimate of drug-likeness (QED) is 0.0887. The van der Waals surface area contributed by atoms with Crippen LogP contribution in [0.1, 0.15) is 97.6 Å². The molecule has 26 heteroatoms. The number of benzene rings is 4. The molecule has 6 amide bonds. The highest BCUT2D eigenvalue weighted by Crippen LogP contribution is 2.50. The number of nitrogens with one attached hydrogen (secondary N) is 4. The highest BCUT2D eigenvalue weighted by molar-refractivity contribution is 5.99. The first-order valence-electron chi connectivity index (χ1n) is 33.1. The summed E-state index contributed by atoms with van der Waals surface area (Å²) in [6.07, 6.45) is 5.72. The second kappa shape index (κ2) is 24.2. The van der Waals surface area contributed by atoms with E-state index < -0.39 is 83.4 Å². The van der Waals surface area contributed by atoms with E-state index in [2.05, 4.69) is 93.3 Å². The molecule has 6 aromatic rings. The third-order valence-corrected chi connectivity index (χ3v) is 22.1. The number of aromatic nitrogens is 2. The molecule has 0 spiro atoms. The number of ether oxygens (including phenoxy) is 2. The van der Waals surface area contributed by atoms with Gasteiger partial charge < -0.3 is 70.8 Å². The highest BCUT2D eigenvalue weighted by Gasteiger charge is 2.72. The monoisotopic (exact) mass is 1320 g/mol. The molecule has 8 fully saturated rings. The maximum Gasteiger partial charge on any atom is 0.335 e. The van der Waals surface area contributed by atoms with Gasteiger partial charge in [0.1, 0.15) is 24.2 Å². The van der Waals surface area contributed by atoms with Crippen LogP contribution in [0.4, 0.5) is 0 Å². The Morgan fingerprint density at radius 1 is 0.573 bits per heavy atom. The molecule has 10 heterocycles. The summed E-state index contributed by atoms with van der Waals surface area (Å²) in [6.45, 7) is 5.11. The predicted molar refractivity (Wildman–Crippen MR) is 342 cm³/mol. The molecule has 8 saturated heterocycles. The predicted octanol–water partition coefficient (Wildman–Crippen LogP) is 2.04. The second-order valence-corrected chi connectivity index (χ2v) is 27.9. The molecule has 8 aliphatic heterocycles. The van der Waals surface area contributed by atoms with Gasteiger partial charge in [-0.05, 0) is 125 Å². The third-order valence-electron chi connectivity index (χ3n) is 22.1. The number of H-pyrrole nitrogens is 2. The number of carbonyl (C=O) groups excluding carboxylic acids is 6. The fraction of sp³-hybridized carbons (Fsp3) is 0.486. The molecular weight excluding hydrogens is 1240 g/mol. The number of nitrogens with zero attached hydrogens (tertiary/aromatic N) is 6. The highest BCUT2D eigenvalue weighted by atomic mass is 16.7. The number of aliphatic hydroxyl groups excluding tert-OH is 2. The minimum Gasteiger partial charge on any atom is -0.479 e. The number of hydrogen-bond acceptors (Lipinski definition) is 16. The molecule has 16 rings (SSSR count). The Labute approximate surface area is 552 Å². The Bertz CT molecular complexity index is 3850. The summed E-state index contributed by atoms with van der Waals surface area (Å²) in [5.41, 5.74) is 5.48. The minimum atomic E-state index is -2.27. The van der Waals surface area contributed by atoms with Crippen LogP contribution in [0.25, 0.3) is 21.8 Å². The van der Waals surface area contributed by atoms with Gasteiger partial charge in [-0.15, -0.1) is 0 Å². The number of piperidine rings is 2. The van der Waals surface area contributed by atoms with Gasteiger partial charge in [0, 0.05) is 97.1 Å². The number of carboxylic acids is 2. The molecule has 16 atom stereocenters. The van der Waals surface area contributed by atoms with E-state index in [0.29, 0.717) is 64.7 Å². The fourth-order valence-corrected chi connectivity index (χ4v) is 17.6. The van der Waals surface area contributed by atoms with E-state index in [4.69, 9.17) is 29.9 Å². The van der Waals surface area contributed by atoms with Crippen LogP contribution >= 0.6 is 0 Å². The second-order valence-electron chi connectivity index (χ2n) is 27.9. The van der Waals surface area contributed by atoms with E-state index in [1.165, 1.54) is 56.7 Å². The zero-order valence-electron chi connectivity index (χ0n) is 53.7. The summed E-state index contributed by atoms with van der Waals surface area (Å²) in [6, 6.07) is 28.9. The SMILES string of the molecule is CN1C[C@H](C(=O)N[C@]2(C)O[C@@]3(O)[C@@H]4CCCN4C(=O)[C@H](Cc4ccccc4)N3C2=O)CC2c3cccc4[nH]cc(c34)C[C@H]21.CN1C[C@H](C(=O)N[C@]2(C)O[C@@]3(O)[C@@H]4CCCN4C(=O)[C@H](Cc4ccccc4)N3C2=O)C[C@@H]2c3cccc4[nH]cc(c34)C[C@H]21.O=C(O)C(O)C(O)C(=O)O. The van der Waals surface area contributed by atoms with Crippen LogP contribution < -0.4 is 10.6 Å². The van der Waals surface area contributed by atoms with E-state index >= 15 is 0 Å². The smallest absolute Gasteiger partial charge is 0.335 e. The molecule has 10 aliphatic rings. The zero-order valence-corrected chi connectivity index (χ0v) is 53.7. The summed E-state index contributed by atoms with van der Waals surface area (Å²) in [5.74, 6) is -10.2. The molecule has 3 unspecified atom stereocenters. The average Bonchev–Trinajstić information content (AvgIpc) is 1.54. The number of amides is 6. The number of carboxylic acid groups (broad SMARTS) is 2. The molecule has 2 aliphatic carbocycles. The van der Waals surface area contributed by atoms with Gasteiger partial charge in [-0.1, -0.05) is 84.9 Å². The molecule has 4 aromatic carbocycles. The van der Waals surface area contributed by atoms with E-state index in [-0.39, 0.29) is 72.2 Å². The van der Waals surface area contributed by atoms with E-state index in [1.54, 1.807) is 9.80 Å². The van der Waals surface area contributed by atoms with Crippen LogP contribution in [-0.4, -0.2) is 229 Å².